The van der Waals surface area contributed by atoms with Crippen LogP contribution in [0.25, 0.3) is 0 Å². The van der Waals surface area contributed by atoms with Crippen molar-refractivity contribution < 1.29 is 18.7 Å². The molecule has 2 N–H and O–H groups in total. The second-order valence-corrected chi connectivity index (χ2v) is 2.64. The topological polar surface area (TPSA) is 70.2 Å². The number of alkyl halides is 2. The average Bonchev–Trinajstić information content (AvgIpc) is 2.01. The van der Waals surface area contributed by atoms with Crippen LogP contribution in [0.15, 0.2) is 16.9 Å². The van der Waals surface area contributed by atoms with Crippen molar-refractivity contribution in [3.8, 4) is 0 Å². The first-order valence-electron chi connectivity index (χ1n) is 3.72. The van der Waals surface area contributed by atoms with Gasteiger partial charge in [0.05, 0.1) is 12.0 Å². The standard InChI is InChI=1S/C8H7F2NO3/c9-7(10)5-2-1-4(3-6(12)13)11-8(5)14/h1-2,7H,3H2,(H,11,14)(H,12,13). The van der Waals surface area contributed by atoms with E-state index in [0.29, 0.717) is 0 Å². The summed E-state index contributed by atoms with van der Waals surface area (Å²) in [4.78, 5) is 23.2. The number of nitrogens with one attached hydrogen (secondary N) is 1. The fourth-order valence-corrected chi connectivity index (χ4v) is 0.964. The summed E-state index contributed by atoms with van der Waals surface area (Å²) in [5, 5.41) is 8.37. The van der Waals surface area contributed by atoms with Gasteiger partial charge in [-0.15, -0.1) is 0 Å². The van der Waals surface area contributed by atoms with E-state index in [1.54, 1.807) is 0 Å². The van der Waals surface area contributed by atoms with Gasteiger partial charge in [0.2, 0.25) is 0 Å². The number of hydrogen-bond donors (Lipinski definition) is 2. The van der Waals surface area contributed by atoms with E-state index in [-0.39, 0.29) is 5.69 Å². The Kier molecular flexibility index (Phi) is 2.95. The molecule has 4 nitrogen and oxygen atoms in total. The number of aromatic amines is 1. The Morgan fingerprint density at radius 3 is 2.57 bits per heavy atom. The lowest BCUT2D eigenvalue weighted by molar-refractivity contribution is -0.136. The highest BCUT2D eigenvalue weighted by atomic mass is 19.3. The molecule has 0 aromatic carbocycles. The van der Waals surface area contributed by atoms with Crippen LogP contribution in [0.5, 0.6) is 0 Å². The van der Waals surface area contributed by atoms with Crippen molar-refractivity contribution in [2.75, 3.05) is 0 Å². The van der Waals surface area contributed by atoms with E-state index in [0.717, 1.165) is 12.1 Å². The third kappa shape index (κ3) is 2.38. The Balaban J connectivity index is 3.01. The van der Waals surface area contributed by atoms with Gasteiger partial charge in [0.1, 0.15) is 0 Å². The molecule has 0 aliphatic carbocycles. The first kappa shape index (κ1) is 10.4. The number of carboxylic acid groups (broad SMARTS) is 1. The van der Waals surface area contributed by atoms with Gasteiger partial charge in [-0.1, -0.05) is 0 Å². The van der Waals surface area contributed by atoms with Gasteiger partial charge < -0.3 is 10.1 Å². The lowest BCUT2D eigenvalue weighted by Crippen LogP contribution is -2.16. The van der Waals surface area contributed by atoms with Gasteiger partial charge in [-0.05, 0) is 12.1 Å². The van der Waals surface area contributed by atoms with Crippen molar-refractivity contribution in [1.82, 2.24) is 4.98 Å². The van der Waals surface area contributed by atoms with Crippen LogP contribution in [0.2, 0.25) is 0 Å². The summed E-state index contributed by atoms with van der Waals surface area (Å²) in [6, 6.07) is 2.10. The van der Waals surface area contributed by atoms with Crippen LogP contribution in [0.4, 0.5) is 8.78 Å². The molecule has 0 radical (unpaired) electrons. The summed E-state index contributed by atoms with van der Waals surface area (Å²) in [6.45, 7) is 0. The highest BCUT2D eigenvalue weighted by Gasteiger charge is 2.12. The quantitative estimate of drug-likeness (QED) is 0.767. The van der Waals surface area contributed by atoms with Gasteiger partial charge >= 0.3 is 5.97 Å². The van der Waals surface area contributed by atoms with Crippen LogP contribution >= 0.6 is 0 Å². The number of carbonyl (C=O) groups is 1. The predicted octanol–water partition coefficient (Wildman–Crippen LogP) is 0.940. The lowest BCUT2D eigenvalue weighted by atomic mass is 10.2. The van der Waals surface area contributed by atoms with Crippen LogP contribution in [0.3, 0.4) is 0 Å². The van der Waals surface area contributed by atoms with Gasteiger partial charge in [-0.3, -0.25) is 9.59 Å². The SMILES string of the molecule is O=C(O)Cc1ccc(C(F)F)c(=O)[nH]1. The molecule has 1 aromatic rings. The zero-order valence-corrected chi connectivity index (χ0v) is 6.96. The highest BCUT2D eigenvalue weighted by molar-refractivity contribution is 5.69. The van der Waals surface area contributed by atoms with Gasteiger partial charge in [-0.2, -0.15) is 0 Å². The molecule has 0 bridgehead atoms. The normalized spacial score (nSPS) is 10.5. The van der Waals surface area contributed by atoms with E-state index in [1.807, 2.05) is 0 Å². The zero-order valence-electron chi connectivity index (χ0n) is 6.96. The Labute approximate surface area is 77.2 Å². The first-order valence-corrected chi connectivity index (χ1v) is 3.72. The third-order valence-corrected chi connectivity index (χ3v) is 1.58. The Bertz CT molecular complexity index is 400. The van der Waals surface area contributed by atoms with E-state index < -0.39 is 29.9 Å². The summed E-state index contributed by atoms with van der Waals surface area (Å²) in [5.41, 5.74) is -1.50. The lowest BCUT2D eigenvalue weighted by Gasteiger charge is -2.00. The summed E-state index contributed by atoms with van der Waals surface area (Å²) in [7, 11) is 0. The number of rotatable bonds is 3. The summed E-state index contributed by atoms with van der Waals surface area (Å²) in [5.74, 6) is -1.13. The fourth-order valence-electron chi connectivity index (χ4n) is 0.964. The van der Waals surface area contributed by atoms with Crippen molar-refractivity contribution in [2.45, 2.75) is 12.8 Å². The van der Waals surface area contributed by atoms with E-state index >= 15 is 0 Å². The second kappa shape index (κ2) is 3.99. The Hall–Kier alpha value is -1.72. The number of aromatic nitrogens is 1. The van der Waals surface area contributed by atoms with Gasteiger partial charge in [-0.25, -0.2) is 8.78 Å². The molecule has 0 fully saturated rings. The number of carboxylic acids is 1. The highest BCUT2D eigenvalue weighted by Crippen LogP contribution is 2.13. The molecule has 0 saturated carbocycles. The van der Waals surface area contributed by atoms with E-state index in [4.69, 9.17) is 5.11 Å². The molecule has 14 heavy (non-hydrogen) atoms. The molecule has 0 unspecified atom stereocenters. The predicted molar refractivity (Wildman–Crippen MR) is 43.4 cm³/mol. The fraction of sp³-hybridized carbons (Fsp3) is 0.250. The molecule has 1 aromatic heterocycles. The largest absolute Gasteiger partial charge is 0.481 e. The van der Waals surface area contributed by atoms with Crippen molar-refractivity contribution in [3.63, 3.8) is 0 Å². The maximum atomic E-state index is 12.1. The Morgan fingerprint density at radius 2 is 2.14 bits per heavy atom. The molecular formula is C8H7F2NO3. The third-order valence-electron chi connectivity index (χ3n) is 1.58. The minimum atomic E-state index is -2.85. The van der Waals surface area contributed by atoms with Crippen LogP contribution in [0, 0.1) is 0 Å². The minimum Gasteiger partial charge on any atom is -0.481 e. The molecule has 0 saturated heterocycles. The van der Waals surface area contributed by atoms with Gasteiger partial charge in [0.15, 0.2) is 0 Å². The molecule has 0 atom stereocenters. The van der Waals surface area contributed by atoms with Crippen LogP contribution in [0.1, 0.15) is 17.7 Å². The second-order valence-electron chi connectivity index (χ2n) is 2.64. The van der Waals surface area contributed by atoms with E-state index in [2.05, 4.69) is 4.98 Å². The summed E-state index contributed by atoms with van der Waals surface area (Å²) < 4.78 is 24.2. The van der Waals surface area contributed by atoms with Crippen LogP contribution in [-0.2, 0) is 11.2 Å². The van der Waals surface area contributed by atoms with Crippen molar-refractivity contribution >= 4 is 5.97 Å². The molecule has 0 amide bonds. The molecule has 0 spiro atoms. The van der Waals surface area contributed by atoms with Gasteiger partial charge in [0.25, 0.3) is 12.0 Å². The first-order chi connectivity index (χ1) is 6.50. The van der Waals surface area contributed by atoms with Crippen LogP contribution < -0.4 is 5.56 Å². The van der Waals surface area contributed by atoms with E-state index in [9.17, 15) is 18.4 Å². The maximum absolute atomic E-state index is 12.1. The van der Waals surface area contributed by atoms with E-state index in [1.165, 1.54) is 0 Å². The maximum Gasteiger partial charge on any atom is 0.309 e. The van der Waals surface area contributed by atoms with Crippen molar-refractivity contribution in [1.29, 1.82) is 0 Å². The Morgan fingerprint density at radius 1 is 1.50 bits per heavy atom. The van der Waals surface area contributed by atoms with Crippen molar-refractivity contribution in [3.05, 3.63) is 33.7 Å². The molecule has 0 aliphatic rings. The van der Waals surface area contributed by atoms with Crippen molar-refractivity contribution in [2.24, 2.45) is 0 Å². The summed E-state index contributed by atoms with van der Waals surface area (Å²) >= 11 is 0. The smallest absolute Gasteiger partial charge is 0.309 e. The number of pyridine rings is 1. The number of H-pyrrole nitrogens is 1. The number of aliphatic carboxylic acids is 1. The molecular weight excluding hydrogens is 196 g/mol. The molecule has 1 heterocycles. The van der Waals surface area contributed by atoms with Gasteiger partial charge in [0, 0.05) is 5.69 Å². The molecule has 0 aliphatic heterocycles. The molecule has 6 heteroatoms. The number of halogens is 2. The monoisotopic (exact) mass is 203 g/mol. The number of hydrogen-bond acceptors (Lipinski definition) is 2. The molecule has 76 valence electrons. The van der Waals surface area contributed by atoms with Crippen LogP contribution in [-0.4, -0.2) is 16.1 Å². The minimum absolute atomic E-state index is 0.104. The molecule has 1 rings (SSSR count). The summed E-state index contributed by atoms with van der Waals surface area (Å²) in [6.07, 6.45) is -3.24. The zero-order chi connectivity index (χ0) is 10.7. The average molecular weight is 203 g/mol.